The van der Waals surface area contributed by atoms with Crippen LogP contribution in [0, 0.1) is 5.92 Å². The average Bonchev–Trinajstić information content (AvgIpc) is 3.28. The first-order valence-corrected chi connectivity index (χ1v) is 9.39. The molecule has 1 fully saturated rings. The molecule has 1 aliphatic heterocycles. The highest BCUT2D eigenvalue weighted by atomic mass is 35.5. The fourth-order valence-electron chi connectivity index (χ4n) is 3.01. The summed E-state index contributed by atoms with van der Waals surface area (Å²) in [5.74, 6) is 2.18. The zero-order chi connectivity index (χ0) is 16.5. The third kappa shape index (κ3) is 2.91. The molecular weight excluding hydrogens is 342 g/mol. The summed E-state index contributed by atoms with van der Waals surface area (Å²) in [5, 5.41) is 8.85. The second kappa shape index (κ2) is 6.53. The Bertz CT molecular complexity index is 808. The number of nitrogens with zero attached hydrogens (tertiary/aromatic N) is 5. The van der Waals surface area contributed by atoms with Crippen LogP contribution in [0.5, 0.6) is 0 Å². The van der Waals surface area contributed by atoms with E-state index in [2.05, 4.69) is 38.7 Å². The zero-order valence-electron chi connectivity index (χ0n) is 13.4. The van der Waals surface area contributed by atoms with Crippen LogP contribution in [-0.2, 0) is 0 Å². The van der Waals surface area contributed by atoms with E-state index in [4.69, 9.17) is 16.6 Å². The van der Waals surface area contributed by atoms with Crippen molar-refractivity contribution >= 4 is 28.8 Å². The predicted octanol–water partition coefficient (Wildman–Crippen LogP) is 4.28. The minimum Gasteiger partial charge on any atom is -0.356 e. The van der Waals surface area contributed by atoms with Crippen LogP contribution in [-0.4, -0.2) is 32.8 Å². The number of hydrogen-bond acceptors (Lipinski definition) is 5. The van der Waals surface area contributed by atoms with Crippen LogP contribution < -0.4 is 4.90 Å². The molecular formula is C17H18ClN5S. The van der Waals surface area contributed by atoms with E-state index >= 15 is 0 Å². The van der Waals surface area contributed by atoms with E-state index in [9.17, 15) is 0 Å². The maximum Gasteiger partial charge on any atom is 0.253 e. The molecule has 0 atom stereocenters. The summed E-state index contributed by atoms with van der Waals surface area (Å²) in [6, 6.07) is 3.92. The van der Waals surface area contributed by atoms with E-state index in [1.54, 1.807) is 22.2 Å². The van der Waals surface area contributed by atoms with Gasteiger partial charge in [-0.2, -0.15) is 26.4 Å². The van der Waals surface area contributed by atoms with Crippen LogP contribution in [0.3, 0.4) is 0 Å². The van der Waals surface area contributed by atoms with Gasteiger partial charge in [0.25, 0.3) is 5.95 Å². The second-order valence-electron chi connectivity index (χ2n) is 6.15. The molecule has 0 aliphatic carbocycles. The van der Waals surface area contributed by atoms with Gasteiger partial charge in [0.15, 0.2) is 0 Å². The molecule has 5 nitrogen and oxygen atoms in total. The van der Waals surface area contributed by atoms with Gasteiger partial charge in [0.05, 0.1) is 5.56 Å². The lowest BCUT2D eigenvalue weighted by molar-refractivity contribution is 0.436. The van der Waals surface area contributed by atoms with Gasteiger partial charge in [-0.3, -0.25) is 0 Å². The van der Waals surface area contributed by atoms with Gasteiger partial charge in [-0.1, -0.05) is 18.5 Å². The molecule has 0 aromatic carbocycles. The molecule has 24 heavy (non-hydrogen) atoms. The Balaban J connectivity index is 1.84. The highest BCUT2D eigenvalue weighted by Gasteiger charge is 2.24. The monoisotopic (exact) mass is 359 g/mol. The number of aromatic nitrogens is 4. The van der Waals surface area contributed by atoms with Crippen molar-refractivity contribution in [1.29, 1.82) is 0 Å². The minimum absolute atomic E-state index is 0.475. The smallest absolute Gasteiger partial charge is 0.253 e. The van der Waals surface area contributed by atoms with Crippen molar-refractivity contribution in [3.63, 3.8) is 0 Å². The summed E-state index contributed by atoms with van der Waals surface area (Å²) >= 11 is 8.23. The van der Waals surface area contributed by atoms with Crippen LogP contribution >= 0.6 is 22.9 Å². The summed E-state index contributed by atoms with van der Waals surface area (Å²) in [6.45, 7) is 4.29. The minimum atomic E-state index is 0.475. The number of thiophene rings is 1. The molecule has 124 valence electrons. The highest BCUT2D eigenvalue weighted by molar-refractivity contribution is 7.08. The molecule has 1 aliphatic rings. The van der Waals surface area contributed by atoms with Crippen molar-refractivity contribution in [2.75, 3.05) is 18.0 Å². The summed E-state index contributed by atoms with van der Waals surface area (Å²) in [5.41, 5.74) is 1.99. The van der Waals surface area contributed by atoms with Gasteiger partial charge < -0.3 is 4.90 Å². The number of rotatable bonds is 3. The van der Waals surface area contributed by atoms with Gasteiger partial charge >= 0.3 is 0 Å². The molecule has 0 N–H and O–H groups in total. The van der Waals surface area contributed by atoms with Crippen LogP contribution in [0.15, 0.2) is 35.3 Å². The molecule has 0 unspecified atom stereocenters. The molecule has 0 saturated carbocycles. The molecule has 3 aromatic rings. The molecule has 0 bridgehead atoms. The molecule has 0 spiro atoms. The Morgan fingerprint density at radius 1 is 1.25 bits per heavy atom. The predicted molar refractivity (Wildman–Crippen MR) is 98.1 cm³/mol. The molecule has 4 heterocycles. The summed E-state index contributed by atoms with van der Waals surface area (Å²) < 4.78 is 1.65. The molecule has 3 aromatic heterocycles. The molecule has 0 amide bonds. The first-order valence-electron chi connectivity index (χ1n) is 8.07. The van der Waals surface area contributed by atoms with Gasteiger partial charge in [-0.15, -0.1) is 0 Å². The number of anilines is 1. The average molecular weight is 360 g/mol. The summed E-state index contributed by atoms with van der Waals surface area (Å²) in [4.78, 5) is 11.6. The number of halogens is 1. The topological polar surface area (TPSA) is 46.8 Å². The van der Waals surface area contributed by atoms with Crippen LogP contribution in [0.1, 0.15) is 19.8 Å². The summed E-state index contributed by atoms with van der Waals surface area (Å²) in [6.07, 6.45) is 5.88. The first-order chi connectivity index (χ1) is 11.7. The van der Waals surface area contributed by atoms with Crippen molar-refractivity contribution in [3.05, 3.63) is 40.4 Å². The SMILES string of the molecule is CC1CCN(c2nc(-n3cccn3)nc(Cl)c2-c2ccsc2)CC1. The van der Waals surface area contributed by atoms with Crippen molar-refractivity contribution in [3.8, 4) is 17.1 Å². The normalized spacial score (nSPS) is 15.8. The Morgan fingerprint density at radius 2 is 2.08 bits per heavy atom. The summed E-state index contributed by atoms with van der Waals surface area (Å²) in [7, 11) is 0. The third-order valence-corrected chi connectivity index (χ3v) is 5.39. The standard InChI is InChI=1S/C17H18ClN5S/c1-12-3-8-22(9-4-12)16-14(13-5-10-24-11-13)15(18)20-17(21-16)23-7-2-6-19-23/h2,5-7,10-12H,3-4,8-9H2,1H3. The quantitative estimate of drug-likeness (QED) is 0.655. The molecule has 7 heteroatoms. The molecule has 4 rings (SSSR count). The third-order valence-electron chi connectivity index (χ3n) is 4.44. The van der Waals surface area contributed by atoms with Crippen LogP contribution in [0.2, 0.25) is 5.15 Å². The van der Waals surface area contributed by atoms with Crippen molar-refractivity contribution in [2.24, 2.45) is 5.92 Å². The lowest BCUT2D eigenvalue weighted by atomic mass is 9.98. The highest BCUT2D eigenvalue weighted by Crippen LogP contribution is 2.37. The largest absolute Gasteiger partial charge is 0.356 e. The van der Waals surface area contributed by atoms with E-state index in [1.165, 1.54) is 12.8 Å². The van der Waals surface area contributed by atoms with Crippen LogP contribution in [0.4, 0.5) is 5.82 Å². The van der Waals surface area contributed by atoms with Gasteiger partial charge in [0.1, 0.15) is 11.0 Å². The first kappa shape index (κ1) is 15.6. The number of hydrogen-bond donors (Lipinski definition) is 0. The second-order valence-corrected chi connectivity index (χ2v) is 7.28. The molecule has 1 saturated heterocycles. The van der Waals surface area contributed by atoms with E-state index in [0.29, 0.717) is 11.1 Å². The Kier molecular flexibility index (Phi) is 4.24. The Morgan fingerprint density at radius 3 is 2.75 bits per heavy atom. The van der Waals surface area contributed by atoms with Gasteiger partial charge in [-0.05, 0) is 47.2 Å². The molecule has 0 radical (unpaired) electrons. The van der Waals surface area contributed by atoms with E-state index in [0.717, 1.165) is 36.0 Å². The Labute approximate surface area is 149 Å². The van der Waals surface area contributed by atoms with Crippen molar-refractivity contribution < 1.29 is 0 Å². The van der Waals surface area contributed by atoms with Gasteiger partial charge in [-0.25, -0.2) is 4.68 Å². The van der Waals surface area contributed by atoms with E-state index < -0.39 is 0 Å². The lowest BCUT2D eigenvalue weighted by Gasteiger charge is -2.32. The zero-order valence-corrected chi connectivity index (χ0v) is 15.0. The van der Waals surface area contributed by atoms with Crippen molar-refractivity contribution in [1.82, 2.24) is 19.7 Å². The van der Waals surface area contributed by atoms with Gasteiger partial charge in [0.2, 0.25) is 0 Å². The number of piperidine rings is 1. The fraction of sp³-hybridized carbons (Fsp3) is 0.353. The Hall–Kier alpha value is -1.92. The lowest BCUT2D eigenvalue weighted by Crippen LogP contribution is -2.34. The maximum absolute atomic E-state index is 6.58. The van der Waals surface area contributed by atoms with Gasteiger partial charge in [0, 0.05) is 25.5 Å². The maximum atomic E-state index is 6.58. The van der Waals surface area contributed by atoms with E-state index in [-0.39, 0.29) is 0 Å². The fourth-order valence-corrected chi connectivity index (χ4v) is 3.92. The van der Waals surface area contributed by atoms with Crippen molar-refractivity contribution in [2.45, 2.75) is 19.8 Å². The van der Waals surface area contributed by atoms with E-state index in [1.807, 2.05) is 12.3 Å². The van der Waals surface area contributed by atoms with Crippen LogP contribution in [0.25, 0.3) is 17.1 Å².